The smallest absolute Gasteiger partial charge is 0.336 e. The molecular formula is C29H33NO7. The van der Waals surface area contributed by atoms with Gasteiger partial charge in [0, 0.05) is 36.1 Å². The highest BCUT2D eigenvalue weighted by Crippen LogP contribution is 2.48. The molecule has 8 heteroatoms. The second-order valence-electron chi connectivity index (χ2n) is 9.00. The van der Waals surface area contributed by atoms with Crippen molar-refractivity contribution in [2.75, 3.05) is 41.7 Å². The van der Waals surface area contributed by atoms with Gasteiger partial charge in [-0.25, -0.2) is 4.79 Å². The fraction of sp³-hybridized carbons (Fsp3) is 0.379. The van der Waals surface area contributed by atoms with Crippen molar-refractivity contribution < 1.29 is 33.3 Å². The van der Waals surface area contributed by atoms with E-state index in [4.69, 9.17) is 23.7 Å². The van der Waals surface area contributed by atoms with Crippen molar-refractivity contribution in [3.8, 4) is 17.2 Å². The molecule has 1 aliphatic carbocycles. The molecule has 2 aromatic carbocycles. The standard InChI is InChI=1S/C29H33NO7/c1-17-26(29(32)37-13-12-33-2)27(20-8-6-7-9-23(20)34-3)28-21(30-17)14-19(15-22(28)31)18-10-11-24(35-4)25(16-18)36-5/h6-11,16,19,27,30H,12-15H2,1-5H3/t19-,27-/m0/s1. The van der Waals surface area contributed by atoms with Crippen LogP contribution in [0, 0.1) is 0 Å². The molecule has 8 nitrogen and oxygen atoms in total. The lowest BCUT2D eigenvalue weighted by atomic mass is 9.71. The lowest BCUT2D eigenvalue weighted by molar-refractivity contribution is -0.140. The number of hydrogen-bond acceptors (Lipinski definition) is 8. The highest BCUT2D eigenvalue weighted by molar-refractivity contribution is 6.04. The normalized spacial score (nSPS) is 19.2. The van der Waals surface area contributed by atoms with E-state index in [2.05, 4.69) is 5.32 Å². The minimum absolute atomic E-state index is 0.0286. The second-order valence-corrected chi connectivity index (χ2v) is 9.00. The first-order valence-electron chi connectivity index (χ1n) is 12.2. The van der Waals surface area contributed by atoms with Gasteiger partial charge in [-0.05, 0) is 43.0 Å². The largest absolute Gasteiger partial charge is 0.496 e. The lowest BCUT2D eigenvalue weighted by Gasteiger charge is -2.37. The van der Waals surface area contributed by atoms with Crippen LogP contribution in [0.15, 0.2) is 65.0 Å². The highest BCUT2D eigenvalue weighted by atomic mass is 16.6. The summed E-state index contributed by atoms with van der Waals surface area (Å²) in [4.78, 5) is 27.1. The molecule has 1 N–H and O–H groups in total. The first-order chi connectivity index (χ1) is 17.9. The first kappa shape index (κ1) is 26.3. The summed E-state index contributed by atoms with van der Waals surface area (Å²) >= 11 is 0. The molecule has 196 valence electrons. The summed E-state index contributed by atoms with van der Waals surface area (Å²) in [6, 6.07) is 13.2. The topological polar surface area (TPSA) is 92.3 Å². The van der Waals surface area contributed by atoms with Crippen LogP contribution in [0.3, 0.4) is 0 Å². The van der Waals surface area contributed by atoms with E-state index in [0.29, 0.717) is 46.9 Å². The Labute approximate surface area is 217 Å². The van der Waals surface area contributed by atoms with Gasteiger partial charge in [-0.3, -0.25) is 4.79 Å². The Morgan fingerprint density at radius 2 is 1.65 bits per heavy atom. The Morgan fingerprint density at radius 1 is 0.919 bits per heavy atom. The number of Topliss-reactive ketones (excluding diaryl/α,β-unsaturated/α-hetero) is 1. The minimum atomic E-state index is -0.610. The number of methoxy groups -OCH3 is 4. The summed E-state index contributed by atoms with van der Waals surface area (Å²) in [5.74, 6) is 0.675. The van der Waals surface area contributed by atoms with Crippen molar-refractivity contribution >= 4 is 11.8 Å². The third-order valence-electron chi connectivity index (χ3n) is 6.90. The summed E-state index contributed by atoms with van der Waals surface area (Å²) in [6.45, 7) is 2.24. The number of hydrogen-bond donors (Lipinski definition) is 1. The Balaban J connectivity index is 1.77. The van der Waals surface area contributed by atoms with E-state index in [1.807, 2.05) is 49.4 Å². The third-order valence-corrected chi connectivity index (χ3v) is 6.90. The van der Waals surface area contributed by atoms with Gasteiger partial charge in [0.05, 0.1) is 39.4 Å². The Kier molecular flexibility index (Phi) is 8.18. The third kappa shape index (κ3) is 5.20. The molecule has 0 radical (unpaired) electrons. The van der Waals surface area contributed by atoms with Crippen LogP contribution in [0.5, 0.6) is 17.2 Å². The van der Waals surface area contributed by atoms with Crippen LogP contribution in [-0.2, 0) is 19.1 Å². The molecule has 2 aromatic rings. The van der Waals surface area contributed by atoms with Gasteiger partial charge >= 0.3 is 5.97 Å². The molecular weight excluding hydrogens is 474 g/mol. The van der Waals surface area contributed by atoms with Crippen molar-refractivity contribution in [1.82, 2.24) is 5.32 Å². The van der Waals surface area contributed by atoms with Gasteiger partial charge in [-0.15, -0.1) is 0 Å². The molecule has 0 saturated heterocycles. The number of esters is 1. The van der Waals surface area contributed by atoms with Crippen LogP contribution in [0.2, 0.25) is 0 Å². The zero-order valence-electron chi connectivity index (χ0n) is 21.9. The molecule has 0 unspecified atom stereocenters. The number of rotatable bonds is 9. The fourth-order valence-electron chi connectivity index (χ4n) is 5.16. The number of para-hydroxylation sites is 1. The zero-order valence-corrected chi connectivity index (χ0v) is 21.9. The van der Waals surface area contributed by atoms with E-state index in [1.54, 1.807) is 28.4 Å². The first-order valence-corrected chi connectivity index (χ1v) is 12.2. The van der Waals surface area contributed by atoms with Gasteiger partial charge in [-0.1, -0.05) is 24.3 Å². The van der Waals surface area contributed by atoms with Gasteiger partial charge in [-0.2, -0.15) is 0 Å². The van der Waals surface area contributed by atoms with E-state index in [-0.39, 0.29) is 24.9 Å². The molecule has 0 amide bonds. The molecule has 0 spiro atoms. The molecule has 1 heterocycles. The predicted molar refractivity (Wildman–Crippen MR) is 138 cm³/mol. The van der Waals surface area contributed by atoms with Crippen molar-refractivity contribution in [2.45, 2.75) is 31.6 Å². The Hall–Kier alpha value is -3.78. The summed E-state index contributed by atoms with van der Waals surface area (Å²) in [5, 5.41) is 3.37. The number of carbonyl (C=O) groups is 2. The highest BCUT2D eigenvalue weighted by Gasteiger charge is 2.42. The van der Waals surface area contributed by atoms with Crippen molar-refractivity contribution in [2.24, 2.45) is 0 Å². The second kappa shape index (κ2) is 11.5. The molecule has 2 aliphatic rings. The molecule has 0 fully saturated rings. The molecule has 1 aliphatic heterocycles. The van der Waals surface area contributed by atoms with Crippen LogP contribution in [0.1, 0.15) is 42.7 Å². The van der Waals surface area contributed by atoms with Crippen LogP contribution in [0.25, 0.3) is 0 Å². The van der Waals surface area contributed by atoms with E-state index in [9.17, 15) is 9.59 Å². The molecule has 0 bridgehead atoms. The van der Waals surface area contributed by atoms with Gasteiger partial charge in [0.2, 0.25) is 0 Å². The SMILES string of the molecule is COCCOC(=O)C1=C(C)NC2=C(C(=O)C[C@@H](c3ccc(OC)c(OC)c3)C2)[C@H]1c1ccccc1OC. The van der Waals surface area contributed by atoms with E-state index in [0.717, 1.165) is 16.8 Å². The molecule has 37 heavy (non-hydrogen) atoms. The van der Waals surface area contributed by atoms with Crippen molar-refractivity contribution in [3.63, 3.8) is 0 Å². The van der Waals surface area contributed by atoms with Gasteiger partial charge in [0.15, 0.2) is 17.3 Å². The number of ketones is 1. The number of allylic oxidation sites excluding steroid dienone is 3. The Bertz CT molecular complexity index is 1250. The Morgan fingerprint density at radius 3 is 2.35 bits per heavy atom. The van der Waals surface area contributed by atoms with Crippen LogP contribution < -0.4 is 19.5 Å². The maximum atomic E-state index is 13.8. The van der Waals surface area contributed by atoms with Crippen molar-refractivity contribution in [3.05, 3.63) is 76.1 Å². The number of carbonyl (C=O) groups excluding carboxylic acids is 2. The maximum absolute atomic E-state index is 13.8. The molecule has 4 rings (SSSR count). The zero-order chi connectivity index (χ0) is 26.5. The van der Waals surface area contributed by atoms with E-state index in [1.165, 1.54) is 0 Å². The van der Waals surface area contributed by atoms with Crippen molar-refractivity contribution in [1.29, 1.82) is 0 Å². The number of benzene rings is 2. The average molecular weight is 508 g/mol. The fourth-order valence-corrected chi connectivity index (χ4v) is 5.16. The van der Waals surface area contributed by atoms with E-state index >= 15 is 0 Å². The average Bonchev–Trinajstić information content (AvgIpc) is 2.91. The summed E-state index contributed by atoms with van der Waals surface area (Å²) in [5.41, 5.74) is 4.16. The van der Waals surface area contributed by atoms with Crippen LogP contribution in [-0.4, -0.2) is 53.4 Å². The van der Waals surface area contributed by atoms with Gasteiger partial charge < -0.3 is 29.0 Å². The molecule has 0 aromatic heterocycles. The number of dihydropyridines is 1. The minimum Gasteiger partial charge on any atom is -0.496 e. The quantitative estimate of drug-likeness (QED) is 0.398. The maximum Gasteiger partial charge on any atom is 0.336 e. The number of nitrogens with one attached hydrogen (secondary N) is 1. The van der Waals surface area contributed by atoms with Crippen LogP contribution in [0.4, 0.5) is 0 Å². The lowest BCUT2D eigenvalue weighted by Crippen LogP contribution is -2.36. The summed E-state index contributed by atoms with van der Waals surface area (Å²) in [7, 11) is 6.31. The number of ether oxygens (including phenoxy) is 5. The molecule has 0 saturated carbocycles. The monoisotopic (exact) mass is 507 g/mol. The van der Waals surface area contributed by atoms with Crippen LogP contribution >= 0.6 is 0 Å². The van der Waals surface area contributed by atoms with E-state index < -0.39 is 11.9 Å². The summed E-state index contributed by atoms with van der Waals surface area (Å²) < 4.78 is 27.0. The van der Waals surface area contributed by atoms with Gasteiger partial charge in [0.25, 0.3) is 0 Å². The van der Waals surface area contributed by atoms with Gasteiger partial charge in [0.1, 0.15) is 12.4 Å². The predicted octanol–water partition coefficient (Wildman–Crippen LogP) is 4.26. The molecule has 2 atom stereocenters. The summed E-state index contributed by atoms with van der Waals surface area (Å²) in [6.07, 6.45) is 0.901.